The van der Waals surface area contributed by atoms with Gasteiger partial charge in [-0.05, 0) is 53.8 Å². The average Bonchev–Trinajstić information content (AvgIpc) is 2.64. The Bertz CT molecular complexity index is 908. The maximum atomic E-state index is 12.7. The van der Waals surface area contributed by atoms with Crippen molar-refractivity contribution in [3.63, 3.8) is 0 Å². The molecular formula is C19H22IN3O3S. The van der Waals surface area contributed by atoms with Gasteiger partial charge in [-0.25, -0.2) is 8.42 Å². The van der Waals surface area contributed by atoms with Crippen molar-refractivity contribution in [2.24, 2.45) is 0 Å². The first kappa shape index (κ1) is 20.2. The van der Waals surface area contributed by atoms with Crippen LogP contribution in [-0.4, -0.2) is 56.3 Å². The minimum atomic E-state index is -3.48. The summed E-state index contributed by atoms with van der Waals surface area (Å²) in [6.45, 7) is 4.01. The normalized spacial score (nSPS) is 16.2. The lowest BCUT2D eigenvalue weighted by Gasteiger charge is -2.33. The minimum Gasteiger partial charge on any atom is -0.324 e. The summed E-state index contributed by atoms with van der Waals surface area (Å²) in [5.74, 6) is -0.0889. The summed E-state index contributed by atoms with van der Waals surface area (Å²) in [5, 5.41) is 2.91. The zero-order valence-corrected chi connectivity index (χ0v) is 18.0. The monoisotopic (exact) mass is 499 g/mol. The molecule has 1 heterocycles. The summed E-state index contributed by atoms with van der Waals surface area (Å²) in [4.78, 5) is 14.6. The summed E-state index contributed by atoms with van der Waals surface area (Å²) < 4.78 is 27.9. The first-order chi connectivity index (χ1) is 12.9. The Morgan fingerprint density at radius 2 is 1.67 bits per heavy atom. The van der Waals surface area contributed by atoms with Crippen LogP contribution in [0.25, 0.3) is 0 Å². The number of carbonyl (C=O) groups is 1. The number of anilines is 1. The Kier molecular flexibility index (Phi) is 6.51. The molecule has 1 fully saturated rings. The second-order valence-corrected chi connectivity index (χ2v) is 9.62. The molecule has 1 N–H and O–H groups in total. The molecule has 2 aromatic carbocycles. The molecule has 0 saturated carbocycles. The van der Waals surface area contributed by atoms with Crippen molar-refractivity contribution in [3.05, 3.63) is 57.7 Å². The third kappa shape index (κ3) is 5.07. The van der Waals surface area contributed by atoms with Crippen LogP contribution in [0.2, 0.25) is 0 Å². The van der Waals surface area contributed by atoms with Gasteiger partial charge in [-0.3, -0.25) is 9.69 Å². The molecular weight excluding hydrogens is 477 g/mol. The van der Waals surface area contributed by atoms with E-state index in [0.717, 1.165) is 14.8 Å². The smallest absolute Gasteiger partial charge is 0.243 e. The van der Waals surface area contributed by atoms with Gasteiger partial charge in [-0.1, -0.05) is 29.8 Å². The molecule has 6 nitrogen and oxygen atoms in total. The Morgan fingerprint density at radius 3 is 2.30 bits per heavy atom. The Hall–Kier alpha value is -1.49. The molecule has 1 saturated heterocycles. The molecule has 0 atom stereocenters. The second-order valence-electron chi connectivity index (χ2n) is 6.52. The molecule has 0 unspecified atom stereocenters. The van der Waals surface area contributed by atoms with E-state index < -0.39 is 10.0 Å². The van der Waals surface area contributed by atoms with Crippen LogP contribution in [0.1, 0.15) is 5.56 Å². The van der Waals surface area contributed by atoms with E-state index in [1.165, 1.54) is 4.31 Å². The number of hydrogen-bond donors (Lipinski definition) is 1. The highest BCUT2D eigenvalue weighted by Crippen LogP contribution is 2.19. The molecule has 0 spiro atoms. The van der Waals surface area contributed by atoms with Crippen LogP contribution in [0.3, 0.4) is 0 Å². The second kappa shape index (κ2) is 8.68. The van der Waals surface area contributed by atoms with Crippen molar-refractivity contribution in [1.29, 1.82) is 0 Å². The summed E-state index contributed by atoms with van der Waals surface area (Å²) >= 11 is 2.18. The molecule has 0 radical (unpaired) electrons. The highest BCUT2D eigenvalue weighted by Gasteiger charge is 2.29. The zero-order chi connectivity index (χ0) is 19.4. The van der Waals surface area contributed by atoms with Gasteiger partial charge < -0.3 is 5.32 Å². The van der Waals surface area contributed by atoms with Gasteiger partial charge in [0.05, 0.1) is 17.1 Å². The number of piperazine rings is 1. The fourth-order valence-electron chi connectivity index (χ4n) is 2.94. The van der Waals surface area contributed by atoms with E-state index in [2.05, 4.69) is 27.9 Å². The van der Waals surface area contributed by atoms with E-state index in [-0.39, 0.29) is 12.5 Å². The third-order valence-electron chi connectivity index (χ3n) is 4.51. The number of halogens is 1. The number of carbonyl (C=O) groups excluding carboxylic acids is 1. The van der Waals surface area contributed by atoms with E-state index in [1.54, 1.807) is 24.3 Å². The molecule has 0 bridgehead atoms. The third-order valence-corrected chi connectivity index (χ3v) is 7.36. The lowest BCUT2D eigenvalue weighted by atomic mass is 10.2. The molecule has 27 heavy (non-hydrogen) atoms. The molecule has 0 aromatic heterocycles. The van der Waals surface area contributed by atoms with Crippen molar-refractivity contribution >= 4 is 44.2 Å². The molecule has 0 aliphatic carbocycles. The van der Waals surface area contributed by atoms with Crippen LogP contribution in [0.5, 0.6) is 0 Å². The van der Waals surface area contributed by atoms with Crippen LogP contribution in [0.15, 0.2) is 53.4 Å². The first-order valence-corrected chi connectivity index (χ1v) is 11.2. The fourth-order valence-corrected chi connectivity index (χ4v) is 4.89. The molecule has 1 aliphatic heterocycles. The predicted molar refractivity (Wildman–Crippen MR) is 114 cm³/mol. The largest absolute Gasteiger partial charge is 0.324 e. The van der Waals surface area contributed by atoms with E-state index in [9.17, 15) is 13.2 Å². The summed E-state index contributed by atoms with van der Waals surface area (Å²) in [6.07, 6.45) is 0. The number of sulfonamides is 1. The van der Waals surface area contributed by atoms with Gasteiger partial charge in [-0.2, -0.15) is 4.31 Å². The van der Waals surface area contributed by atoms with Gasteiger partial charge in [0.15, 0.2) is 0 Å². The zero-order valence-electron chi connectivity index (χ0n) is 15.1. The van der Waals surface area contributed by atoms with E-state index >= 15 is 0 Å². The maximum Gasteiger partial charge on any atom is 0.243 e. The van der Waals surface area contributed by atoms with Crippen LogP contribution < -0.4 is 5.32 Å². The number of aryl methyl sites for hydroxylation is 1. The van der Waals surface area contributed by atoms with Crippen LogP contribution in [0, 0.1) is 10.5 Å². The number of amides is 1. The van der Waals surface area contributed by atoms with Crippen molar-refractivity contribution < 1.29 is 13.2 Å². The van der Waals surface area contributed by atoms with Gasteiger partial charge in [0.1, 0.15) is 0 Å². The SMILES string of the molecule is Cc1ccc(S(=O)(=O)N2CCN(CC(=O)Nc3ccccc3I)CC2)cc1. The van der Waals surface area contributed by atoms with Crippen molar-refractivity contribution in [1.82, 2.24) is 9.21 Å². The standard InChI is InChI=1S/C19H22IN3O3S/c1-15-6-8-16(9-7-15)27(25,26)23-12-10-22(11-13-23)14-19(24)21-18-5-3-2-4-17(18)20/h2-9H,10-14H2,1H3,(H,21,24). The highest BCUT2D eigenvalue weighted by atomic mass is 127. The number of para-hydroxylation sites is 1. The van der Waals surface area contributed by atoms with Crippen molar-refractivity contribution in [2.45, 2.75) is 11.8 Å². The maximum absolute atomic E-state index is 12.7. The van der Waals surface area contributed by atoms with Gasteiger partial charge in [-0.15, -0.1) is 0 Å². The Morgan fingerprint density at radius 1 is 1.04 bits per heavy atom. The topological polar surface area (TPSA) is 69.7 Å². The summed E-state index contributed by atoms with van der Waals surface area (Å²) in [6, 6.07) is 14.5. The van der Waals surface area contributed by atoms with Crippen LogP contribution >= 0.6 is 22.6 Å². The van der Waals surface area contributed by atoms with E-state index in [4.69, 9.17) is 0 Å². The average molecular weight is 499 g/mol. The predicted octanol–water partition coefficient (Wildman–Crippen LogP) is 2.54. The van der Waals surface area contributed by atoms with Gasteiger partial charge in [0, 0.05) is 29.7 Å². The molecule has 144 valence electrons. The Balaban J connectivity index is 1.55. The number of nitrogens with one attached hydrogen (secondary N) is 1. The van der Waals surface area contributed by atoms with Gasteiger partial charge >= 0.3 is 0 Å². The van der Waals surface area contributed by atoms with E-state index in [1.807, 2.05) is 36.1 Å². The lowest BCUT2D eigenvalue weighted by molar-refractivity contribution is -0.117. The van der Waals surface area contributed by atoms with Crippen molar-refractivity contribution in [2.75, 3.05) is 38.0 Å². The lowest BCUT2D eigenvalue weighted by Crippen LogP contribution is -2.50. The van der Waals surface area contributed by atoms with E-state index in [0.29, 0.717) is 31.1 Å². The van der Waals surface area contributed by atoms with Crippen LogP contribution in [0.4, 0.5) is 5.69 Å². The van der Waals surface area contributed by atoms with Gasteiger partial charge in [0.25, 0.3) is 0 Å². The molecule has 1 aliphatic rings. The fraction of sp³-hybridized carbons (Fsp3) is 0.316. The number of hydrogen-bond acceptors (Lipinski definition) is 4. The highest BCUT2D eigenvalue weighted by molar-refractivity contribution is 14.1. The minimum absolute atomic E-state index is 0.0889. The molecule has 2 aromatic rings. The van der Waals surface area contributed by atoms with Crippen LogP contribution in [-0.2, 0) is 14.8 Å². The first-order valence-electron chi connectivity index (χ1n) is 8.70. The summed E-state index contributed by atoms with van der Waals surface area (Å²) in [7, 11) is -3.48. The number of nitrogens with zero attached hydrogens (tertiary/aromatic N) is 2. The number of rotatable bonds is 5. The molecule has 1 amide bonds. The number of benzene rings is 2. The van der Waals surface area contributed by atoms with Gasteiger partial charge in [0.2, 0.25) is 15.9 Å². The quantitative estimate of drug-likeness (QED) is 0.643. The molecule has 3 rings (SSSR count). The Labute approximate surface area is 173 Å². The molecule has 8 heteroatoms. The van der Waals surface area contributed by atoms with Crippen molar-refractivity contribution in [3.8, 4) is 0 Å². The summed E-state index contributed by atoms with van der Waals surface area (Å²) in [5.41, 5.74) is 1.82.